The fraction of sp³-hybridized carbons (Fsp3) is 0.217. The van der Waals surface area contributed by atoms with E-state index in [0.717, 1.165) is 11.1 Å². The van der Waals surface area contributed by atoms with Crippen molar-refractivity contribution in [3.05, 3.63) is 82.9 Å². The van der Waals surface area contributed by atoms with Crippen LogP contribution in [0.15, 0.2) is 77.4 Å². The molecule has 156 valence electrons. The summed E-state index contributed by atoms with van der Waals surface area (Å²) in [5.41, 5.74) is 15.0. The van der Waals surface area contributed by atoms with Crippen molar-refractivity contribution < 1.29 is 19.1 Å². The number of carbonyl (C=O) groups is 2. The number of rotatable bonds is 6. The highest BCUT2D eigenvalue weighted by atomic mass is 16.5. The highest BCUT2D eigenvalue weighted by molar-refractivity contribution is 6.00. The van der Waals surface area contributed by atoms with E-state index in [2.05, 4.69) is 5.32 Å². The van der Waals surface area contributed by atoms with Crippen molar-refractivity contribution in [2.75, 3.05) is 13.2 Å². The number of hydrogen-bond acceptors (Lipinski definition) is 7. The molecule has 0 aromatic heterocycles. The van der Waals surface area contributed by atoms with Crippen LogP contribution in [0.4, 0.5) is 0 Å². The average Bonchev–Trinajstić information content (AvgIpc) is 2.74. The van der Waals surface area contributed by atoms with E-state index < -0.39 is 17.9 Å². The average molecular weight is 407 g/mol. The highest BCUT2D eigenvalue weighted by Gasteiger charge is 2.40. The molecule has 0 saturated heterocycles. The monoisotopic (exact) mass is 407 g/mol. The zero-order valence-electron chi connectivity index (χ0n) is 17.0. The van der Waals surface area contributed by atoms with Crippen molar-refractivity contribution in [1.29, 1.82) is 0 Å². The van der Waals surface area contributed by atoms with Crippen molar-refractivity contribution in [2.45, 2.75) is 19.8 Å². The van der Waals surface area contributed by atoms with Crippen LogP contribution in [-0.4, -0.2) is 25.2 Å². The molecular formula is C23H25N3O4. The van der Waals surface area contributed by atoms with Gasteiger partial charge in [0.05, 0.1) is 30.3 Å². The topological polar surface area (TPSA) is 117 Å². The second-order valence-electron chi connectivity index (χ2n) is 6.61. The predicted octanol–water partition coefficient (Wildman–Crippen LogP) is 2.51. The summed E-state index contributed by atoms with van der Waals surface area (Å²) in [4.78, 5) is 25.7. The van der Waals surface area contributed by atoms with E-state index in [1.807, 2.05) is 54.6 Å². The third-order valence-corrected chi connectivity index (χ3v) is 4.77. The second kappa shape index (κ2) is 9.17. The van der Waals surface area contributed by atoms with E-state index in [4.69, 9.17) is 20.9 Å². The van der Waals surface area contributed by atoms with Gasteiger partial charge in [0.25, 0.3) is 0 Å². The van der Waals surface area contributed by atoms with E-state index in [1.54, 1.807) is 13.8 Å². The number of nitrogens with one attached hydrogen (secondary N) is 1. The lowest BCUT2D eigenvalue weighted by Crippen LogP contribution is -2.39. The molecule has 7 heteroatoms. The molecule has 7 nitrogen and oxygen atoms in total. The summed E-state index contributed by atoms with van der Waals surface area (Å²) >= 11 is 0. The number of carbonyl (C=O) groups excluding carboxylic acids is 2. The molecule has 2 aromatic carbocycles. The Morgan fingerprint density at radius 2 is 1.33 bits per heavy atom. The van der Waals surface area contributed by atoms with E-state index in [-0.39, 0.29) is 36.0 Å². The Hall–Kier alpha value is -3.74. The summed E-state index contributed by atoms with van der Waals surface area (Å²) in [5.74, 6) is -1.99. The largest absolute Gasteiger partial charge is 0.463 e. The molecule has 3 rings (SSSR count). The first kappa shape index (κ1) is 21.0. The van der Waals surface area contributed by atoms with E-state index in [1.165, 1.54) is 0 Å². The van der Waals surface area contributed by atoms with Crippen LogP contribution in [0.3, 0.4) is 0 Å². The van der Waals surface area contributed by atoms with Gasteiger partial charge in [-0.1, -0.05) is 54.6 Å². The highest BCUT2D eigenvalue weighted by Crippen LogP contribution is 2.41. The van der Waals surface area contributed by atoms with Crippen LogP contribution in [0, 0.1) is 0 Å². The number of ether oxygens (including phenoxy) is 2. The molecule has 0 unspecified atom stereocenters. The molecule has 0 atom stereocenters. The summed E-state index contributed by atoms with van der Waals surface area (Å²) in [7, 11) is 0. The first-order chi connectivity index (χ1) is 14.5. The lowest BCUT2D eigenvalue weighted by atomic mass is 9.79. The van der Waals surface area contributed by atoms with Crippen LogP contribution < -0.4 is 16.8 Å². The maximum Gasteiger partial charge on any atom is 0.338 e. The number of esters is 2. The van der Waals surface area contributed by atoms with Gasteiger partial charge in [-0.25, -0.2) is 9.59 Å². The SMILES string of the molecule is CCOC(=O)C1=C(N)NC(N)=C(C(=O)OCC)C1c1ccccc1-c1ccccc1. The Morgan fingerprint density at radius 1 is 0.833 bits per heavy atom. The van der Waals surface area contributed by atoms with Crippen LogP contribution in [0.2, 0.25) is 0 Å². The lowest BCUT2D eigenvalue weighted by molar-refractivity contribution is -0.139. The summed E-state index contributed by atoms with van der Waals surface area (Å²) in [5, 5.41) is 2.73. The van der Waals surface area contributed by atoms with Crippen molar-refractivity contribution >= 4 is 11.9 Å². The molecule has 0 aliphatic carbocycles. The molecule has 1 heterocycles. The van der Waals surface area contributed by atoms with Crippen molar-refractivity contribution in [2.24, 2.45) is 11.5 Å². The Kier molecular flexibility index (Phi) is 6.41. The van der Waals surface area contributed by atoms with E-state index in [0.29, 0.717) is 5.56 Å². The van der Waals surface area contributed by atoms with Crippen LogP contribution in [-0.2, 0) is 19.1 Å². The molecule has 0 saturated carbocycles. The fourth-order valence-electron chi connectivity index (χ4n) is 3.55. The van der Waals surface area contributed by atoms with Crippen molar-refractivity contribution in [3.8, 4) is 11.1 Å². The molecule has 2 aromatic rings. The minimum atomic E-state index is -0.847. The number of dihydropyridines is 1. The molecule has 1 aliphatic heterocycles. The van der Waals surface area contributed by atoms with Crippen LogP contribution in [0.5, 0.6) is 0 Å². The Morgan fingerprint density at radius 3 is 1.87 bits per heavy atom. The molecule has 0 radical (unpaired) electrons. The molecule has 0 spiro atoms. The Labute approximate surface area is 175 Å². The van der Waals surface area contributed by atoms with E-state index in [9.17, 15) is 9.59 Å². The van der Waals surface area contributed by atoms with Crippen molar-refractivity contribution in [1.82, 2.24) is 5.32 Å². The molecule has 0 fully saturated rings. The summed E-state index contributed by atoms with van der Waals surface area (Å²) in [6, 6.07) is 17.1. The van der Waals surface area contributed by atoms with Gasteiger partial charge >= 0.3 is 11.9 Å². The Balaban J connectivity index is 2.26. The van der Waals surface area contributed by atoms with Gasteiger partial charge in [-0.3, -0.25) is 0 Å². The van der Waals surface area contributed by atoms with Gasteiger partial charge in [0, 0.05) is 0 Å². The predicted molar refractivity (Wildman–Crippen MR) is 113 cm³/mol. The number of hydrogen-bond donors (Lipinski definition) is 3. The second-order valence-corrected chi connectivity index (χ2v) is 6.61. The summed E-state index contributed by atoms with van der Waals surface area (Å²) in [6.07, 6.45) is 0. The maximum absolute atomic E-state index is 12.9. The zero-order chi connectivity index (χ0) is 21.7. The standard InChI is InChI=1S/C23H25N3O4/c1-3-29-22(27)18-17(19(23(28)30-4-2)21(25)26-20(18)24)16-13-9-8-12-15(16)14-10-6-5-7-11-14/h5-13,17,26H,3-4,24-25H2,1-2H3. The normalized spacial score (nSPS) is 14.3. The zero-order valence-corrected chi connectivity index (χ0v) is 17.0. The van der Waals surface area contributed by atoms with Gasteiger partial charge in [0.2, 0.25) is 0 Å². The number of nitrogens with two attached hydrogens (primary N) is 2. The molecule has 0 amide bonds. The molecule has 0 bridgehead atoms. The van der Waals surface area contributed by atoms with Gasteiger partial charge in [-0.2, -0.15) is 0 Å². The number of benzene rings is 2. The minimum Gasteiger partial charge on any atom is -0.463 e. The summed E-state index contributed by atoms with van der Waals surface area (Å²) in [6.45, 7) is 3.73. The minimum absolute atomic E-state index is 0.0480. The Bertz CT molecular complexity index is 972. The molecule has 5 N–H and O–H groups in total. The quantitative estimate of drug-likeness (QED) is 0.630. The third-order valence-electron chi connectivity index (χ3n) is 4.77. The van der Waals surface area contributed by atoms with Crippen LogP contribution in [0.1, 0.15) is 25.3 Å². The maximum atomic E-state index is 12.9. The fourth-order valence-corrected chi connectivity index (χ4v) is 3.55. The van der Waals surface area contributed by atoms with Gasteiger partial charge in [0.1, 0.15) is 11.6 Å². The van der Waals surface area contributed by atoms with Gasteiger partial charge in [0.15, 0.2) is 0 Å². The van der Waals surface area contributed by atoms with Crippen molar-refractivity contribution in [3.63, 3.8) is 0 Å². The molecular weight excluding hydrogens is 382 g/mol. The van der Waals surface area contributed by atoms with E-state index >= 15 is 0 Å². The first-order valence-electron chi connectivity index (χ1n) is 9.74. The summed E-state index contributed by atoms with van der Waals surface area (Å²) < 4.78 is 10.5. The lowest BCUT2D eigenvalue weighted by Gasteiger charge is -2.30. The van der Waals surface area contributed by atoms with Crippen LogP contribution >= 0.6 is 0 Å². The first-order valence-corrected chi connectivity index (χ1v) is 9.74. The van der Waals surface area contributed by atoms with Gasteiger partial charge in [-0.05, 0) is 30.5 Å². The third kappa shape index (κ3) is 4.00. The van der Waals surface area contributed by atoms with Gasteiger partial charge < -0.3 is 26.3 Å². The molecule has 1 aliphatic rings. The smallest absolute Gasteiger partial charge is 0.338 e. The van der Waals surface area contributed by atoms with Gasteiger partial charge in [-0.15, -0.1) is 0 Å². The molecule has 30 heavy (non-hydrogen) atoms. The van der Waals surface area contributed by atoms with Crippen LogP contribution in [0.25, 0.3) is 11.1 Å².